The van der Waals surface area contributed by atoms with Gasteiger partial charge in [0.15, 0.2) is 5.65 Å². The molecule has 0 bridgehead atoms. The fourth-order valence-corrected chi connectivity index (χ4v) is 4.78. The smallest absolute Gasteiger partial charge is 0.255 e. The van der Waals surface area contributed by atoms with Gasteiger partial charge in [-0.15, -0.1) is 0 Å². The Balaban J connectivity index is 1.51. The maximum atomic E-state index is 14.0. The molecule has 0 spiro atoms. The van der Waals surface area contributed by atoms with Crippen molar-refractivity contribution >= 4 is 51.6 Å². The average Bonchev–Trinajstić information content (AvgIpc) is 2.92. The molecule has 3 aromatic carbocycles. The number of aryl methyl sites for hydroxylation is 1. The fourth-order valence-electron chi connectivity index (χ4n) is 3.90. The van der Waals surface area contributed by atoms with Crippen molar-refractivity contribution in [3.63, 3.8) is 0 Å². The summed E-state index contributed by atoms with van der Waals surface area (Å²) in [5, 5.41) is 6.93. The molecule has 0 saturated heterocycles. The van der Waals surface area contributed by atoms with Crippen LogP contribution in [-0.4, -0.2) is 20.9 Å². The summed E-state index contributed by atoms with van der Waals surface area (Å²) in [6.45, 7) is 5.83. The molecule has 0 unspecified atom stereocenters. The Morgan fingerprint density at radius 1 is 0.974 bits per heavy atom. The van der Waals surface area contributed by atoms with E-state index in [1.807, 2.05) is 42.5 Å². The molecule has 0 aliphatic heterocycles. The second-order valence-corrected chi connectivity index (χ2v) is 10.5. The monoisotopic (exact) mass is 538 g/mol. The Labute approximate surface area is 230 Å². The molecule has 2 heterocycles. The van der Waals surface area contributed by atoms with Crippen molar-refractivity contribution in [2.24, 2.45) is 0 Å². The van der Waals surface area contributed by atoms with Gasteiger partial charge in [-0.05, 0) is 85.1 Å². The Bertz CT molecular complexity index is 1670. The van der Waals surface area contributed by atoms with E-state index in [9.17, 15) is 9.18 Å². The van der Waals surface area contributed by atoms with Gasteiger partial charge in [0.2, 0.25) is 0 Å². The molecular weight excluding hydrogens is 511 g/mol. The number of aromatic nitrogens is 3. The SMILES string of the molecule is Cc1ccc(NC(=O)c2ccc(Sc3ccc(N)cc3)c(Nc3ncnc4nc(C(C)C)ccc34)c2)cc1F. The Kier molecular flexibility index (Phi) is 7.42. The van der Waals surface area contributed by atoms with Crippen molar-refractivity contribution in [3.8, 4) is 0 Å². The Hall–Kier alpha value is -4.50. The van der Waals surface area contributed by atoms with E-state index in [0.717, 1.165) is 20.9 Å². The van der Waals surface area contributed by atoms with E-state index < -0.39 is 0 Å². The van der Waals surface area contributed by atoms with Crippen LogP contribution in [0.25, 0.3) is 11.0 Å². The highest BCUT2D eigenvalue weighted by molar-refractivity contribution is 7.99. The molecule has 39 heavy (non-hydrogen) atoms. The first kappa shape index (κ1) is 26.1. The van der Waals surface area contributed by atoms with Gasteiger partial charge in [-0.3, -0.25) is 4.79 Å². The van der Waals surface area contributed by atoms with Gasteiger partial charge in [0.05, 0.1) is 11.1 Å². The number of carbonyl (C=O) groups excluding carboxylic acids is 1. The van der Waals surface area contributed by atoms with E-state index >= 15 is 0 Å². The molecule has 5 rings (SSSR count). The molecule has 0 atom stereocenters. The van der Waals surface area contributed by atoms with E-state index in [2.05, 4.69) is 39.4 Å². The molecule has 9 heteroatoms. The van der Waals surface area contributed by atoms with E-state index in [4.69, 9.17) is 5.73 Å². The summed E-state index contributed by atoms with van der Waals surface area (Å²) in [6.07, 6.45) is 1.47. The lowest BCUT2D eigenvalue weighted by Gasteiger charge is -2.15. The number of carbonyl (C=O) groups is 1. The number of pyridine rings is 1. The molecule has 7 nitrogen and oxygen atoms in total. The first-order valence-corrected chi connectivity index (χ1v) is 13.2. The summed E-state index contributed by atoms with van der Waals surface area (Å²) < 4.78 is 14.0. The van der Waals surface area contributed by atoms with Crippen LogP contribution in [0.4, 0.5) is 27.3 Å². The zero-order chi connectivity index (χ0) is 27.5. The van der Waals surface area contributed by atoms with Crippen molar-refractivity contribution in [2.45, 2.75) is 36.5 Å². The van der Waals surface area contributed by atoms with Crippen LogP contribution in [0.15, 0.2) is 88.9 Å². The van der Waals surface area contributed by atoms with Crippen molar-refractivity contribution in [2.75, 3.05) is 16.4 Å². The number of halogens is 1. The number of nitrogens with two attached hydrogens (primary N) is 1. The molecule has 196 valence electrons. The van der Waals surface area contributed by atoms with E-state index in [1.165, 1.54) is 24.2 Å². The van der Waals surface area contributed by atoms with Crippen molar-refractivity contribution in [1.29, 1.82) is 0 Å². The van der Waals surface area contributed by atoms with E-state index in [1.54, 1.807) is 31.2 Å². The Morgan fingerprint density at radius 2 is 1.77 bits per heavy atom. The number of fused-ring (bicyclic) bond motifs is 1. The number of hydrogen-bond donors (Lipinski definition) is 3. The molecule has 4 N–H and O–H groups in total. The number of nitrogens with zero attached hydrogens (tertiary/aromatic N) is 3. The summed E-state index contributed by atoms with van der Waals surface area (Å²) in [7, 11) is 0. The lowest BCUT2D eigenvalue weighted by atomic mass is 10.1. The van der Waals surface area contributed by atoms with Crippen molar-refractivity contribution < 1.29 is 9.18 Å². The molecule has 0 aliphatic rings. The summed E-state index contributed by atoms with van der Waals surface area (Å²) >= 11 is 1.52. The molecule has 5 aromatic rings. The number of rotatable bonds is 7. The predicted molar refractivity (Wildman–Crippen MR) is 155 cm³/mol. The van der Waals surface area contributed by atoms with Gasteiger partial charge in [-0.25, -0.2) is 19.3 Å². The molecule has 2 aromatic heterocycles. The first-order valence-electron chi connectivity index (χ1n) is 12.4. The number of amides is 1. The maximum absolute atomic E-state index is 14.0. The molecular formula is C30H27FN6OS. The summed E-state index contributed by atoms with van der Waals surface area (Å²) in [5.41, 5.74) is 10.0. The number of hydrogen-bond acceptors (Lipinski definition) is 7. The van der Waals surface area contributed by atoms with Gasteiger partial charge >= 0.3 is 0 Å². The van der Waals surface area contributed by atoms with Crippen molar-refractivity contribution in [3.05, 3.63) is 102 Å². The lowest BCUT2D eigenvalue weighted by molar-refractivity contribution is 0.102. The standard InChI is InChI=1S/C30H27FN6OS/c1-17(2)25-12-11-23-28(36-25)33-16-34-29(23)37-26-14-19(30(38)35-21-8-4-18(3)24(31)15-21)5-13-27(26)39-22-9-6-20(32)7-10-22/h4-17H,32H2,1-3H3,(H,35,38)(H,33,34,36,37). The number of benzene rings is 3. The van der Waals surface area contributed by atoms with Gasteiger partial charge in [0.25, 0.3) is 5.91 Å². The molecule has 0 fully saturated rings. The fraction of sp³-hybridized carbons (Fsp3) is 0.133. The van der Waals surface area contributed by atoms with Crippen LogP contribution in [0.1, 0.15) is 41.4 Å². The van der Waals surface area contributed by atoms with Crippen LogP contribution in [0.3, 0.4) is 0 Å². The lowest BCUT2D eigenvalue weighted by Crippen LogP contribution is -2.12. The molecule has 1 amide bonds. The van der Waals surface area contributed by atoms with E-state index in [0.29, 0.717) is 39.7 Å². The third kappa shape index (κ3) is 5.99. The summed E-state index contributed by atoms with van der Waals surface area (Å²) in [6, 6.07) is 21.4. The van der Waals surface area contributed by atoms with Crippen LogP contribution >= 0.6 is 11.8 Å². The minimum absolute atomic E-state index is 0.265. The largest absolute Gasteiger partial charge is 0.399 e. The van der Waals surface area contributed by atoms with Crippen LogP contribution in [0.5, 0.6) is 0 Å². The van der Waals surface area contributed by atoms with Gasteiger partial charge in [0.1, 0.15) is 18.0 Å². The zero-order valence-corrected chi connectivity index (χ0v) is 22.5. The minimum Gasteiger partial charge on any atom is -0.399 e. The van der Waals surface area contributed by atoms with E-state index in [-0.39, 0.29) is 17.6 Å². The normalized spacial score (nSPS) is 11.1. The van der Waals surface area contributed by atoms with Gasteiger partial charge in [0, 0.05) is 32.4 Å². The Morgan fingerprint density at radius 3 is 2.51 bits per heavy atom. The highest BCUT2D eigenvalue weighted by Crippen LogP contribution is 2.37. The first-order chi connectivity index (χ1) is 18.8. The maximum Gasteiger partial charge on any atom is 0.255 e. The highest BCUT2D eigenvalue weighted by Gasteiger charge is 2.15. The van der Waals surface area contributed by atoms with Gasteiger partial charge < -0.3 is 16.4 Å². The van der Waals surface area contributed by atoms with Crippen LogP contribution in [0.2, 0.25) is 0 Å². The third-order valence-electron chi connectivity index (χ3n) is 6.14. The van der Waals surface area contributed by atoms with Crippen molar-refractivity contribution in [1.82, 2.24) is 15.0 Å². The molecule has 0 radical (unpaired) electrons. The highest BCUT2D eigenvalue weighted by atomic mass is 32.2. The minimum atomic E-state index is -0.379. The average molecular weight is 539 g/mol. The molecule has 0 aliphatic carbocycles. The number of anilines is 4. The van der Waals surface area contributed by atoms with Gasteiger partial charge in [-0.2, -0.15) is 0 Å². The molecule has 0 saturated carbocycles. The van der Waals surface area contributed by atoms with Gasteiger partial charge in [-0.1, -0.05) is 31.7 Å². The summed E-state index contributed by atoms with van der Waals surface area (Å²) in [5.74, 6) is 0.0948. The van der Waals surface area contributed by atoms with Crippen LogP contribution < -0.4 is 16.4 Å². The topological polar surface area (TPSA) is 106 Å². The summed E-state index contributed by atoms with van der Waals surface area (Å²) in [4.78, 5) is 28.5. The van der Waals surface area contributed by atoms with Crippen LogP contribution in [-0.2, 0) is 0 Å². The second-order valence-electron chi connectivity index (χ2n) is 9.41. The zero-order valence-electron chi connectivity index (χ0n) is 21.7. The third-order valence-corrected chi connectivity index (χ3v) is 7.23. The predicted octanol–water partition coefficient (Wildman–Crippen LogP) is 7.33. The second kappa shape index (κ2) is 11.1. The number of nitrogen functional groups attached to an aromatic ring is 1. The quantitative estimate of drug-likeness (QED) is 0.186. The number of nitrogens with one attached hydrogen (secondary N) is 2. The van der Waals surface area contributed by atoms with Crippen LogP contribution in [0, 0.1) is 12.7 Å².